The average Bonchev–Trinajstić information content (AvgIpc) is 2.42. The Labute approximate surface area is 143 Å². The normalized spacial score (nSPS) is 11.6. The molecule has 0 fully saturated rings. The van der Waals surface area contributed by atoms with Crippen LogP contribution in [0, 0.1) is 5.82 Å². The molecule has 1 radical (unpaired) electrons. The van der Waals surface area contributed by atoms with E-state index in [1.807, 2.05) is 0 Å². The Morgan fingerprint density at radius 1 is 1.48 bits per heavy atom. The van der Waals surface area contributed by atoms with Crippen molar-refractivity contribution in [1.82, 2.24) is 9.97 Å². The summed E-state index contributed by atoms with van der Waals surface area (Å²) in [7, 11) is 0. The van der Waals surface area contributed by atoms with Crippen molar-refractivity contribution in [2.75, 3.05) is 0 Å². The van der Waals surface area contributed by atoms with Gasteiger partial charge in [0.2, 0.25) is 5.88 Å². The molecule has 0 saturated carbocycles. The number of ether oxygens (including phenoxy) is 1. The van der Waals surface area contributed by atoms with Gasteiger partial charge in [-0.15, -0.1) is 0 Å². The van der Waals surface area contributed by atoms with Crippen LogP contribution in [0.4, 0.5) is 10.2 Å². The summed E-state index contributed by atoms with van der Waals surface area (Å²) >= 11 is 3.15. The molecule has 0 bridgehead atoms. The van der Waals surface area contributed by atoms with Crippen LogP contribution >= 0.6 is 15.9 Å². The van der Waals surface area contributed by atoms with E-state index < -0.39 is 11.9 Å². The predicted molar refractivity (Wildman–Crippen MR) is 75.1 cm³/mol. The third-order valence-corrected chi connectivity index (χ3v) is 3.10. The molecule has 1 unspecified atom stereocenters. The zero-order valence-corrected chi connectivity index (χ0v) is 14.9. The van der Waals surface area contributed by atoms with Crippen molar-refractivity contribution in [3.05, 3.63) is 51.7 Å². The van der Waals surface area contributed by atoms with Crippen molar-refractivity contribution in [3.63, 3.8) is 0 Å². The van der Waals surface area contributed by atoms with Gasteiger partial charge in [-0.05, 0) is 52.6 Å². The summed E-state index contributed by atoms with van der Waals surface area (Å²) in [6, 6.07) is 4.07. The molecular formula is C13H12BrFIrN3O2-. The van der Waals surface area contributed by atoms with E-state index in [9.17, 15) is 9.50 Å². The molecule has 21 heavy (non-hydrogen) atoms. The molecule has 2 rings (SSSR count). The second kappa shape index (κ2) is 7.79. The van der Waals surface area contributed by atoms with E-state index in [1.54, 1.807) is 6.92 Å². The van der Waals surface area contributed by atoms with Crippen molar-refractivity contribution >= 4 is 21.7 Å². The van der Waals surface area contributed by atoms with Gasteiger partial charge in [-0.25, -0.2) is 9.37 Å². The zero-order valence-electron chi connectivity index (χ0n) is 10.9. The molecule has 1 heterocycles. The molecule has 0 amide bonds. The third-order valence-electron chi connectivity index (χ3n) is 2.72. The fourth-order valence-corrected chi connectivity index (χ4v) is 2.02. The van der Waals surface area contributed by atoms with E-state index >= 15 is 0 Å². The minimum Gasteiger partial charge on any atom is -0.478 e. The first-order valence-electron chi connectivity index (χ1n) is 5.81. The monoisotopic (exact) mass is 533 g/mol. The zero-order chi connectivity index (χ0) is 14.7. The Morgan fingerprint density at radius 3 is 2.86 bits per heavy atom. The number of nitrogens with one attached hydrogen (secondary N) is 1. The summed E-state index contributed by atoms with van der Waals surface area (Å²) in [5.41, 5.74) is 8.69. The van der Waals surface area contributed by atoms with Crippen LogP contribution in [0.1, 0.15) is 24.2 Å². The molecule has 1 atom stereocenters. The topological polar surface area (TPSA) is 79.0 Å². The molecule has 0 saturated heterocycles. The van der Waals surface area contributed by atoms with Gasteiger partial charge in [-0.1, -0.05) is 6.07 Å². The molecule has 8 heteroatoms. The Kier molecular flexibility index (Phi) is 6.67. The van der Waals surface area contributed by atoms with Crippen LogP contribution in [0.5, 0.6) is 5.88 Å². The standard InChI is InChI=1S/C13H12BrFN3O2.Ir/c1-7(10-4-9(15)3-2-8(10)6-19)20-13-12(16)17-5-11(14)18-13;/h2-5,7,19H,6H2,1H3,(H-,16,17);/q-1;. The molecule has 0 aliphatic carbocycles. The SMILES string of the molecule is CC(Oc1nc(Br)cnc1[NH-])c1cc(F)ccc1CO.[Ir]. The van der Waals surface area contributed by atoms with Gasteiger partial charge >= 0.3 is 0 Å². The van der Waals surface area contributed by atoms with Gasteiger partial charge in [0, 0.05) is 25.7 Å². The van der Waals surface area contributed by atoms with Crippen LogP contribution in [-0.2, 0) is 26.7 Å². The van der Waals surface area contributed by atoms with Gasteiger partial charge < -0.3 is 20.6 Å². The molecule has 5 nitrogen and oxygen atoms in total. The van der Waals surface area contributed by atoms with Gasteiger partial charge in [0.05, 0.1) is 6.61 Å². The van der Waals surface area contributed by atoms with Crippen LogP contribution < -0.4 is 4.74 Å². The summed E-state index contributed by atoms with van der Waals surface area (Å²) in [4.78, 5) is 7.80. The van der Waals surface area contributed by atoms with E-state index in [1.165, 1.54) is 24.4 Å². The third kappa shape index (κ3) is 4.44. The number of hydrogen-bond donors (Lipinski definition) is 1. The van der Waals surface area contributed by atoms with Gasteiger partial charge in [-0.3, -0.25) is 0 Å². The predicted octanol–water partition coefficient (Wildman–Crippen LogP) is 3.69. The van der Waals surface area contributed by atoms with Gasteiger partial charge in [0.25, 0.3) is 0 Å². The summed E-state index contributed by atoms with van der Waals surface area (Å²) in [6.07, 6.45) is 0.821. The van der Waals surface area contributed by atoms with E-state index in [2.05, 4.69) is 25.9 Å². The summed E-state index contributed by atoms with van der Waals surface area (Å²) in [5.74, 6) is -0.485. The van der Waals surface area contributed by atoms with E-state index in [4.69, 9.17) is 10.5 Å². The van der Waals surface area contributed by atoms with Gasteiger partial charge in [-0.2, -0.15) is 0 Å². The van der Waals surface area contributed by atoms with E-state index in [-0.39, 0.29) is 38.4 Å². The smallest absolute Gasteiger partial charge is 0.213 e. The number of aliphatic hydroxyl groups excluding tert-OH is 1. The van der Waals surface area contributed by atoms with Crippen LogP contribution in [0.3, 0.4) is 0 Å². The number of aliphatic hydroxyl groups is 1. The number of nitrogens with zero attached hydrogens (tertiary/aromatic N) is 2. The summed E-state index contributed by atoms with van der Waals surface area (Å²) < 4.78 is 19.3. The van der Waals surface area contributed by atoms with E-state index in [0.29, 0.717) is 15.7 Å². The van der Waals surface area contributed by atoms with Crippen LogP contribution in [0.25, 0.3) is 5.73 Å². The first-order valence-corrected chi connectivity index (χ1v) is 6.60. The minimum atomic E-state index is -0.569. The molecule has 2 N–H and O–H groups in total. The first-order chi connectivity index (χ1) is 9.51. The average molecular weight is 533 g/mol. The molecular weight excluding hydrogens is 521 g/mol. The van der Waals surface area contributed by atoms with Gasteiger partial charge in [0.15, 0.2) is 0 Å². The molecule has 1 aromatic heterocycles. The van der Waals surface area contributed by atoms with Crippen molar-refractivity contribution in [2.45, 2.75) is 19.6 Å². The van der Waals surface area contributed by atoms with Crippen molar-refractivity contribution in [2.24, 2.45) is 0 Å². The minimum absolute atomic E-state index is 0. The van der Waals surface area contributed by atoms with Crippen LogP contribution in [0.2, 0.25) is 0 Å². The Bertz CT molecular complexity index is 630. The second-order valence-corrected chi connectivity index (χ2v) is 4.92. The molecule has 0 spiro atoms. The maximum Gasteiger partial charge on any atom is 0.213 e. The number of hydrogen-bond acceptors (Lipinski definition) is 4. The maximum absolute atomic E-state index is 13.3. The van der Waals surface area contributed by atoms with Crippen molar-refractivity contribution < 1.29 is 34.3 Å². The first kappa shape index (κ1) is 18.0. The fraction of sp³-hybridized carbons (Fsp3) is 0.231. The molecule has 0 aliphatic rings. The molecule has 0 aliphatic heterocycles. The van der Waals surface area contributed by atoms with Crippen molar-refractivity contribution in [3.8, 4) is 5.88 Å². The Hall–Kier alpha value is -1.08. The van der Waals surface area contributed by atoms with E-state index in [0.717, 1.165) is 0 Å². The molecule has 115 valence electrons. The number of rotatable bonds is 4. The number of aromatic nitrogens is 2. The second-order valence-electron chi connectivity index (χ2n) is 4.11. The number of halogens is 2. The molecule has 2 aromatic rings. The van der Waals surface area contributed by atoms with Crippen molar-refractivity contribution in [1.29, 1.82) is 0 Å². The van der Waals surface area contributed by atoms with Crippen LogP contribution in [0.15, 0.2) is 29.0 Å². The number of benzene rings is 1. The summed E-state index contributed by atoms with van der Waals surface area (Å²) in [5, 5.41) is 9.27. The largest absolute Gasteiger partial charge is 0.478 e. The Morgan fingerprint density at radius 2 is 2.19 bits per heavy atom. The summed E-state index contributed by atoms with van der Waals surface area (Å²) in [6.45, 7) is 1.47. The fourth-order valence-electron chi connectivity index (χ4n) is 1.75. The van der Waals surface area contributed by atoms with Crippen LogP contribution in [-0.4, -0.2) is 15.1 Å². The quantitative estimate of drug-likeness (QED) is 0.651. The van der Waals surface area contributed by atoms with Gasteiger partial charge in [0.1, 0.15) is 16.5 Å². The molecule has 1 aromatic carbocycles. The Balaban J connectivity index is 0.00000220. The maximum atomic E-state index is 13.3.